The molecule has 3 aromatic rings. The highest BCUT2D eigenvalue weighted by molar-refractivity contribution is 6.06. The van der Waals surface area contributed by atoms with Gasteiger partial charge in [-0.1, -0.05) is 124 Å². The van der Waals surface area contributed by atoms with Crippen LogP contribution in [0.15, 0.2) is 91.5 Å². The molecule has 0 aliphatic rings. The van der Waals surface area contributed by atoms with E-state index in [1.54, 1.807) is 6.08 Å². The molecule has 0 saturated carbocycles. The molecule has 35 heavy (non-hydrogen) atoms. The molecule has 0 radical (unpaired) electrons. The fourth-order valence-corrected chi connectivity index (χ4v) is 4.05. The van der Waals surface area contributed by atoms with E-state index in [1.165, 1.54) is 50.5 Å². The summed E-state index contributed by atoms with van der Waals surface area (Å²) in [4.78, 5) is 12.2. The zero-order chi connectivity index (χ0) is 24.6. The number of hydrogen-bond donors (Lipinski definition) is 0. The van der Waals surface area contributed by atoms with Crippen molar-refractivity contribution in [2.75, 3.05) is 6.61 Å². The predicted molar refractivity (Wildman–Crippen MR) is 149 cm³/mol. The molecule has 0 atom stereocenters. The van der Waals surface area contributed by atoms with Crippen LogP contribution in [-0.4, -0.2) is 12.4 Å². The summed E-state index contributed by atoms with van der Waals surface area (Å²) in [6.45, 7) is 4.57. The molecule has 2 nitrogen and oxygen atoms in total. The summed E-state index contributed by atoms with van der Waals surface area (Å²) in [5, 5.41) is 0. The third-order valence-electron chi connectivity index (χ3n) is 6.21. The Labute approximate surface area is 211 Å². The fraction of sp³-hybridized carbons (Fsp3) is 0.303. The van der Waals surface area contributed by atoms with E-state index < -0.39 is 0 Å². The molecule has 0 heterocycles. The summed E-state index contributed by atoms with van der Waals surface area (Å²) in [6, 6.07) is 26.0. The van der Waals surface area contributed by atoms with Gasteiger partial charge in [0.2, 0.25) is 0 Å². The van der Waals surface area contributed by atoms with Crippen LogP contribution in [0.1, 0.15) is 78.4 Å². The molecule has 2 heteroatoms. The van der Waals surface area contributed by atoms with Crippen LogP contribution < -0.4 is 4.74 Å². The zero-order valence-corrected chi connectivity index (χ0v) is 20.8. The molecule has 182 valence electrons. The van der Waals surface area contributed by atoms with E-state index >= 15 is 0 Å². The SMILES string of the molecule is C=Cc1ccc(OCCCCCCCCCCc2ccc(C=CC(=O)c3ccccc3)cc2)cc1. The monoisotopic (exact) mass is 466 g/mol. The number of rotatable bonds is 16. The lowest BCUT2D eigenvalue weighted by molar-refractivity contribution is 0.104. The lowest BCUT2D eigenvalue weighted by atomic mass is 10.0. The topological polar surface area (TPSA) is 26.3 Å². The normalized spacial score (nSPS) is 11.0. The maximum Gasteiger partial charge on any atom is 0.185 e. The minimum Gasteiger partial charge on any atom is -0.494 e. The molecule has 0 fully saturated rings. The molecule has 0 saturated heterocycles. The van der Waals surface area contributed by atoms with E-state index in [1.807, 2.05) is 66.7 Å². The molecule has 0 aliphatic heterocycles. The summed E-state index contributed by atoms with van der Waals surface area (Å²) in [5.74, 6) is 0.984. The number of ether oxygens (including phenoxy) is 1. The van der Waals surface area contributed by atoms with Gasteiger partial charge in [0.25, 0.3) is 0 Å². The number of unbranched alkanes of at least 4 members (excludes halogenated alkanes) is 7. The molecule has 0 amide bonds. The van der Waals surface area contributed by atoms with Gasteiger partial charge in [-0.05, 0) is 54.2 Å². The number of allylic oxidation sites excluding steroid dienone is 1. The first-order valence-electron chi connectivity index (χ1n) is 13.0. The van der Waals surface area contributed by atoms with Crippen molar-refractivity contribution in [2.45, 2.75) is 57.8 Å². The Morgan fingerprint density at radius 1 is 0.686 bits per heavy atom. The van der Waals surface area contributed by atoms with E-state index in [0.29, 0.717) is 0 Å². The third kappa shape index (κ3) is 10.2. The molecule has 0 aliphatic carbocycles. The van der Waals surface area contributed by atoms with Gasteiger partial charge in [-0.3, -0.25) is 4.79 Å². The first kappa shape index (κ1) is 26.2. The van der Waals surface area contributed by atoms with Crippen LogP contribution in [0.25, 0.3) is 12.2 Å². The van der Waals surface area contributed by atoms with Gasteiger partial charge in [0.1, 0.15) is 5.75 Å². The average Bonchev–Trinajstić information content (AvgIpc) is 2.92. The largest absolute Gasteiger partial charge is 0.494 e. The standard InChI is InChI=1S/C33H38O2/c1-2-28-21-24-32(25-22-28)35-27-13-8-6-4-3-5-7-10-14-29-17-19-30(20-18-29)23-26-33(34)31-15-11-9-12-16-31/h2,9,11-12,15-26H,1,3-8,10,13-14,27H2. The van der Waals surface area contributed by atoms with Crippen molar-refractivity contribution in [2.24, 2.45) is 0 Å². The van der Waals surface area contributed by atoms with Crippen LogP contribution in [0.4, 0.5) is 0 Å². The molecule has 0 spiro atoms. The Bertz CT molecular complexity index is 1030. The van der Waals surface area contributed by atoms with Crippen molar-refractivity contribution >= 4 is 17.9 Å². The van der Waals surface area contributed by atoms with Crippen molar-refractivity contribution in [3.63, 3.8) is 0 Å². The van der Waals surface area contributed by atoms with E-state index in [0.717, 1.165) is 41.9 Å². The lowest BCUT2D eigenvalue weighted by Crippen LogP contribution is -1.97. The van der Waals surface area contributed by atoms with Crippen molar-refractivity contribution in [3.05, 3.63) is 114 Å². The van der Waals surface area contributed by atoms with Crippen molar-refractivity contribution in [1.29, 1.82) is 0 Å². The number of carbonyl (C=O) groups is 1. The molecule has 0 N–H and O–H groups in total. The Hall–Kier alpha value is -3.39. The summed E-state index contributed by atoms with van der Waals surface area (Å²) in [6.07, 6.45) is 16.6. The lowest BCUT2D eigenvalue weighted by Gasteiger charge is -2.06. The van der Waals surface area contributed by atoms with E-state index in [-0.39, 0.29) is 5.78 Å². The van der Waals surface area contributed by atoms with Gasteiger partial charge in [-0.15, -0.1) is 0 Å². The highest BCUT2D eigenvalue weighted by atomic mass is 16.5. The maximum atomic E-state index is 12.2. The van der Waals surface area contributed by atoms with Gasteiger partial charge in [0.05, 0.1) is 6.61 Å². The highest BCUT2D eigenvalue weighted by Gasteiger charge is 2.00. The second kappa shape index (κ2) is 15.5. The molecular weight excluding hydrogens is 428 g/mol. The zero-order valence-electron chi connectivity index (χ0n) is 20.8. The second-order valence-corrected chi connectivity index (χ2v) is 9.01. The average molecular weight is 467 g/mol. The maximum absolute atomic E-state index is 12.2. The van der Waals surface area contributed by atoms with Crippen LogP contribution >= 0.6 is 0 Å². The summed E-state index contributed by atoms with van der Waals surface area (Å²) < 4.78 is 5.80. The van der Waals surface area contributed by atoms with Gasteiger partial charge in [0.15, 0.2) is 5.78 Å². The van der Waals surface area contributed by atoms with Crippen molar-refractivity contribution in [3.8, 4) is 5.75 Å². The number of hydrogen-bond acceptors (Lipinski definition) is 2. The highest BCUT2D eigenvalue weighted by Crippen LogP contribution is 2.15. The molecule has 3 rings (SSSR count). The Kier molecular flexibility index (Phi) is 11.6. The Balaban J connectivity index is 1.18. The quantitative estimate of drug-likeness (QED) is 0.120. The summed E-state index contributed by atoms with van der Waals surface area (Å²) in [5.41, 5.74) is 4.28. The smallest absolute Gasteiger partial charge is 0.185 e. The van der Waals surface area contributed by atoms with E-state index in [2.05, 4.69) is 30.8 Å². The van der Waals surface area contributed by atoms with Gasteiger partial charge < -0.3 is 4.74 Å². The minimum absolute atomic E-state index is 0.0396. The molecule has 0 aromatic heterocycles. The van der Waals surface area contributed by atoms with Crippen molar-refractivity contribution < 1.29 is 9.53 Å². The number of aryl methyl sites for hydroxylation is 1. The Morgan fingerprint density at radius 2 is 1.29 bits per heavy atom. The summed E-state index contributed by atoms with van der Waals surface area (Å²) in [7, 11) is 0. The van der Waals surface area contributed by atoms with Gasteiger partial charge >= 0.3 is 0 Å². The number of ketones is 1. The number of benzene rings is 3. The van der Waals surface area contributed by atoms with E-state index in [4.69, 9.17) is 4.74 Å². The van der Waals surface area contributed by atoms with Crippen LogP contribution in [0.2, 0.25) is 0 Å². The predicted octanol–water partition coefficient (Wildman–Crippen LogP) is 8.97. The fourth-order valence-electron chi connectivity index (χ4n) is 4.05. The third-order valence-corrected chi connectivity index (χ3v) is 6.21. The first-order valence-corrected chi connectivity index (χ1v) is 13.0. The van der Waals surface area contributed by atoms with E-state index in [9.17, 15) is 4.79 Å². The summed E-state index contributed by atoms with van der Waals surface area (Å²) >= 11 is 0. The Morgan fingerprint density at radius 3 is 1.94 bits per heavy atom. The van der Waals surface area contributed by atoms with Gasteiger partial charge in [-0.2, -0.15) is 0 Å². The van der Waals surface area contributed by atoms with Crippen LogP contribution in [0.5, 0.6) is 5.75 Å². The minimum atomic E-state index is 0.0396. The molecule has 0 bridgehead atoms. The van der Waals surface area contributed by atoms with Crippen LogP contribution in [-0.2, 0) is 6.42 Å². The number of carbonyl (C=O) groups excluding carboxylic acids is 1. The molecular formula is C33H38O2. The van der Waals surface area contributed by atoms with Crippen molar-refractivity contribution in [1.82, 2.24) is 0 Å². The molecule has 0 unspecified atom stereocenters. The van der Waals surface area contributed by atoms with Gasteiger partial charge in [0, 0.05) is 5.56 Å². The second-order valence-electron chi connectivity index (χ2n) is 9.01. The van der Waals surface area contributed by atoms with Crippen LogP contribution in [0.3, 0.4) is 0 Å². The first-order chi connectivity index (χ1) is 17.2. The van der Waals surface area contributed by atoms with Crippen LogP contribution in [0, 0.1) is 0 Å². The van der Waals surface area contributed by atoms with Gasteiger partial charge in [-0.25, -0.2) is 0 Å². The molecule has 3 aromatic carbocycles.